The molecule has 5 nitrogen and oxygen atoms in total. The molecule has 29 heavy (non-hydrogen) atoms. The standard InChI is InChI=1S/C23H20N2O3S/c1-17-5-2-6-19(15-17)18-9-11-21(12-10-18)29(26,27)25-16-20-7-3-13-24-23(20)22-8-4-14-28-22/h2-15,25H,16H2,1H3. The first-order valence-corrected chi connectivity index (χ1v) is 10.7. The summed E-state index contributed by atoms with van der Waals surface area (Å²) < 4.78 is 33.6. The lowest BCUT2D eigenvalue weighted by Gasteiger charge is -2.10. The Hall–Kier alpha value is -3.22. The predicted octanol–water partition coefficient (Wildman–Crippen LogP) is 4.80. The number of nitrogens with one attached hydrogen (secondary N) is 1. The van der Waals surface area contributed by atoms with Gasteiger partial charge in [-0.3, -0.25) is 4.98 Å². The molecule has 0 radical (unpaired) electrons. The second kappa shape index (κ2) is 8.03. The molecule has 2 aromatic carbocycles. The predicted molar refractivity (Wildman–Crippen MR) is 113 cm³/mol. The van der Waals surface area contributed by atoms with Gasteiger partial charge < -0.3 is 4.42 Å². The summed E-state index contributed by atoms with van der Waals surface area (Å²) in [5, 5.41) is 0. The molecule has 0 bridgehead atoms. The zero-order valence-electron chi connectivity index (χ0n) is 15.9. The summed E-state index contributed by atoms with van der Waals surface area (Å²) in [7, 11) is -3.66. The van der Waals surface area contributed by atoms with E-state index in [1.165, 1.54) is 0 Å². The van der Waals surface area contributed by atoms with Crippen LogP contribution in [0.5, 0.6) is 0 Å². The molecule has 4 aromatic rings. The Morgan fingerprint density at radius 2 is 1.76 bits per heavy atom. The summed E-state index contributed by atoms with van der Waals surface area (Å²) in [5.41, 5.74) is 4.54. The van der Waals surface area contributed by atoms with Crippen molar-refractivity contribution in [2.75, 3.05) is 0 Å². The number of furan rings is 1. The molecule has 6 heteroatoms. The Balaban J connectivity index is 1.53. The summed E-state index contributed by atoms with van der Waals surface area (Å²) in [4.78, 5) is 4.54. The zero-order valence-corrected chi connectivity index (χ0v) is 16.7. The van der Waals surface area contributed by atoms with Crippen LogP contribution in [0.3, 0.4) is 0 Å². The number of rotatable bonds is 6. The average Bonchev–Trinajstić information content (AvgIpc) is 3.27. The van der Waals surface area contributed by atoms with Crippen LogP contribution in [0.15, 0.2) is 94.6 Å². The second-order valence-electron chi connectivity index (χ2n) is 6.71. The summed E-state index contributed by atoms with van der Waals surface area (Å²) >= 11 is 0. The van der Waals surface area contributed by atoms with Crippen LogP contribution in [0.4, 0.5) is 0 Å². The van der Waals surface area contributed by atoms with Crippen LogP contribution in [0.2, 0.25) is 0 Å². The highest BCUT2D eigenvalue weighted by atomic mass is 32.2. The molecule has 0 aliphatic heterocycles. The number of hydrogen-bond acceptors (Lipinski definition) is 4. The van der Waals surface area contributed by atoms with Gasteiger partial charge in [0.15, 0.2) is 5.76 Å². The van der Waals surface area contributed by atoms with Crippen molar-refractivity contribution in [2.24, 2.45) is 0 Å². The van der Waals surface area contributed by atoms with Crippen molar-refractivity contribution >= 4 is 10.0 Å². The number of hydrogen-bond donors (Lipinski definition) is 1. The number of aryl methyl sites for hydroxylation is 1. The van der Waals surface area contributed by atoms with E-state index in [9.17, 15) is 8.42 Å². The number of pyridine rings is 1. The maximum absolute atomic E-state index is 12.8. The third kappa shape index (κ3) is 4.29. The average molecular weight is 404 g/mol. The Morgan fingerprint density at radius 3 is 2.48 bits per heavy atom. The zero-order chi connectivity index (χ0) is 20.3. The van der Waals surface area contributed by atoms with E-state index < -0.39 is 10.0 Å². The third-order valence-corrected chi connectivity index (χ3v) is 6.03. The van der Waals surface area contributed by atoms with Gasteiger partial charge in [0.25, 0.3) is 0 Å². The lowest BCUT2D eigenvalue weighted by Crippen LogP contribution is -2.23. The molecule has 0 spiro atoms. The molecule has 2 aromatic heterocycles. The van der Waals surface area contributed by atoms with Gasteiger partial charge in [0, 0.05) is 12.7 Å². The molecular formula is C23H20N2O3S. The van der Waals surface area contributed by atoms with E-state index in [0.29, 0.717) is 11.5 Å². The summed E-state index contributed by atoms with van der Waals surface area (Å²) in [5.74, 6) is 0.599. The summed E-state index contributed by atoms with van der Waals surface area (Å²) in [6, 6.07) is 22.1. The normalized spacial score (nSPS) is 11.5. The van der Waals surface area contributed by atoms with Gasteiger partial charge in [-0.15, -0.1) is 0 Å². The second-order valence-corrected chi connectivity index (χ2v) is 8.47. The van der Waals surface area contributed by atoms with E-state index in [0.717, 1.165) is 22.3 Å². The van der Waals surface area contributed by atoms with E-state index in [1.54, 1.807) is 42.8 Å². The molecule has 4 rings (SSSR count). The molecule has 0 saturated heterocycles. The molecule has 1 N–H and O–H groups in total. The Kier molecular flexibility index (Phi) is 5.29. The van der Waals surface area contributed by atoms with E-state index in [1.807, 2.05) is 43.3 Å². The molecule has 0 fully saturated rings. The Bertz CT molecular complexity index is 1220. The topological polar surface area (TPSA) is 72.2 Å². The van der Waals surface area contributed by atoms with Gasteiger partial charge >= 0.3 is 0 Å². The maximum Gasteiger partial charge on any atom is 0.240 e. The van der Waals surface area contributed by atoms with Gasteiger partial charge in [-0.25, -0.2) is 13.1 Å². The number of nitrogens with zero attached hydrogens (tertiary/aromatic N) is 1. The Morgan fingerprint density at radius 1 is 0.931 bits per heavy atom. The van der Waals surface area contributed by atoms with Crippen LogP contribution < -0.4 is 4.72 Å². The molecule has 146 valence electrons. The van der Waals surface area contributed by atoms with Crippen molar-refractivity contribution in [3.05, 3.63) is 96.4 Å². The highest BCUT2D eigenvalue weighted by molar-refractivity contribution is 7.89. The number of sulfonamides is 1. The van der Waals surface area contributed by atoms with Gasteiger partial charge in [0.2, 0.25) is 10.0 Å². The van der Waals surface area contributed by atoms with Crippen molar-refractivity contribution in [1.82, 2.24) is 9.71 Å². The molecule has 0 saturated carbocycles. The third-order valence-electron chi connectivity index (χ3n) is 4.61. The van der Waals surface area contributed by atoms with Gasteiger partial charge in [0.1, 0.15) is 5.69 Å². The van der Waals surface area contributed by atoms with Crippen LogP contribution in [0.25, 0.3) is 22.6 Å². The van der Waals surface area contributed by atoms with Crippen LogP contribution in [0, 0.1) is 6.92 Å². The van der Waals surface area contributed by atoms with Crippen molar-refractivity contribution in [1.29, 1.82) is 0 Å². The molecule has 0 amide bonds. The lowest BCUT2D eigenvalue weighted by molar-refractivity contribution is 0.575. The lowest BCUT2D eigenvalue weighted by atomic mass is 10.0. The van der Waals surface area contributed by atoms with Crippen LogP contribution >= 0.6 is 0 Å². The highest BCUT2D eigenvalue weighted by Gasteiger charge is 2.16. The van der Waals surface area contributed by atoms with E-state index in [-0.39, 0.29) is 11.4 Å². The van der Waals surface area contributed by atoms with E-state index >= 15 is 0 Å². The van der Waals surface area contributed by atoms with Crippen molar-refractivity contribution in [2.45, 2.75) is 18.4 Å². The first-order valence-electron chi connectivity index (χ1n) is 9.17. The molecule has 0 atom stereocenters. The molecule has 2 heterocycles. The minimum Gasteiger partial charge on any atom is -0.463 e. The fourth-order valence-electron chi connectivity index (χ4n) is 3.12. The smallest absolute Gasteiger partial charge is 0.240 e. The van der Waals surface area contributed by atoms with Gasteiger partial charge in [-0.05, 0) is 53.9 Å². The molecule has 0 unspecified atom stereocenters. The molecular weight excluding hydrogens is 384 g/mol. The monoisotopic (exact) mass is 404 g/mol. The molecule has 0 aliphatic rings. The largest absolute Gasteiger partial charge is 0.463 e. The SMILES string of the molecule is Cc1cccc(-c2ccc(S(=O)(=O)NCc3cccnc3-c3ccco3)cc2)c1. The van der Waals surface area contributed by atoms with Gasteiger partial charge in [-0.2, -0.15) is 0 Å². The fraction of sp³-hybridized carbons (Fsp3) is 0.0870. The first kappa shape index (κ1) is 19.1. The van der Waals surface area contributed by atoms with Crippen LogP contribution in [-0.4, -0.2) is 13.4 Å². The summed E-state index contributed by atoms with van der Waals surface area (Å²) in [6.07, 6.45) is 3.22. The highest BCUT2D eigenvalue weighted by Crippen LogP contribution is 2.24. The summed E-state index contributed by atoms with van der Waals surface area (Å²) in [6.45, 7) is 2.15. The minimum absolute atomic E-state index is 0.117. The number of benzene rings is 2. The van der Waals surface area contributed by atoms with Crippen molar-refractivity contribution in [3.63, 3.8) is 0 Å². The Labute approximate surface area is 170 Å². The van der Waals surface area contributed by atoms with E-state index in [2.05, 4.69) is 15.8 Å². The van der Waals surface area contributed by atoms with Crippen molar-refractivity contribution in [3.8, 4) is 22.6 Å². The number of aromatic nitrogens is 1. The first-order chi connectivity index (χ1) is 14.0. The quantitative estimate of drug-likeness (QED) is 0.501. The van der Waals surface area contributed by atoms with Crippen LogP contribution in [-0.2, 0) is 16.6 Å². The minimum atomic E-state index is -3.66. The fourth-order valence-corrected chi connectivity index (χ4v) is 4.13. The van der Waals surface area contributed by atoms with Crippen LogP contribution in [0.1, 0.15) is 11.1 Å². The van der Waals surface area contributed by atoms with Gasteiger partial charge in [0.05, 0.1) is 11.2 Å². The molecule has 0 aliphatic carbocycles. The maximum atomic E-state index is 12.8. The van der Waals surface area contributed by atoms with Crippen molar-refractivity contribution < 1.29 is 12.8 Å². The van der Waals surface area contributed by atoms with Gasteiger partial charge in [-0.1, -0.05) is 48.0 Å². The van der Waals surface area contributed by atoms with E-state index in [4.69, 9.17) is 4.42 Å².